The number of rotatable bonds is 6. The average molecular weight is 435 g/mol. The fraction of sp³-hybridized carbons (Fsp3) is 0.125. The molecule has 0 aliphatic carbocycles. The first-order valence-electron chi connectivity index (χ1n) is 9.89. The van der Waals surface area contributed by atoms with Crippen molar-refractivity contribution >= 4 is 18.3 Å². The third kappa shape index (κ3) is 4.49. The highest BCUT2D eigenvalue weighted by Gasteiger charge is 2.30. The Bertz CT molecular complexity index is 1160. The van der Waals surface area contributed by atoms with Crippen LogP contribution < -0.4 is 10.6 Å². The Kier molecular flexibility index (Phi) is 5.93. The number of halogens is 2. The molecule has 162 valence electrons. The van der Waals surface area contributed by atoms with Crippen molar-refractivity contribution in [2.24, 2.45) is 0 Å². The zero-order valence-corrected chi connectivity index (χ0v) is 16.8. The third-order valence-corrected chi connectivity index (χ3v) is 5.34. The molecule has 0 aromatic heterocycles. The number of fused-ring (bicyclic) bond motifs is 1. The molecule has 0 bridgehead atoms. The summed E-state index contributed by atoms with van der Waals surface area (Å²) in [5.41, 5.74) is 3.39. The first-order valence-corrected chi connectivity index (χ1v) is 9.89. The molecule has 1 aliphatic heterocycles. The molecule has 0 fully saturated rings. The molecule has 3 aromatic rings. The van der Waals surface area contributed by atoms with Gasteiger partial charge >= 0.3 is 6.03 Å². The van der Waals surface area contributed by atoms with E-state index < -0.39 is 17.9 Å². The second-order valence-electron chi connectivity index (χ2n) is 7.40. The Morgan fingerprint density at radius 2 is 1.59 bits per heavy atom. The lowest BCUT2D eigenvalue weighted by atomic mass is 10.0. The number of urea groups is 1. The summed E-state index contributed by atoms with van der Waals surface area (Å²) in [6.07, 6.45) is 0.268. The van der Waals surface area contributed by atoms with E-state index in [1.165, 1.54) is 29.2 Å². The van der Waals surface area contributed by atoms with Crippen LogP contribution in [0.15, 0.2) is 66.7 Å². The van der Waals surface area contributed by atoms with Crippen LogP contribution in [0.25, 0.3) is 11.1 Å². The highest BCUT2D eigenvalue weighted by molar-refractivity contribution is 5.98. The van der Waals surface area contributed by atoms with Gasteiger partial charge < -0.3 is 10.2 Å². The monoisotopic (exact) mass is 435 g/mol. The highest BCUT2D eigenvalue weighted by atomic mass is 19.1. The number of benzene rings is 3. The maximum absolute atomic E-state index is 13.6. The largest absolute Gasteiger partial charge is 0.332 e. The first kappa shape index (κ1) is 21.2. The summed E-state index contributed by atoms with van der Waals surface area (Å²) in [5.74, 6) is -1.15. The molecule has 2 N–H and O–H groups in total. The summed E-state index contributed by atoms with van der Waals surface area (Å²) >= 11 is 0. The van der Waals surface area contributed by atoms with Crippen molar-refractivity contribution in [2.45, 2.75) is 12.6 Å². The van der Waals surface area contributed by atoms with Crippen molar-refractivity contribution < 1.29 is 23.2 Å². The Balaban J connectivity index is 1.57. The molecule has 1 atom stereocenters. The lowest BCUT2D eigenvalue weighted by Gasteiger charge is -2.25. The van der Waals surface area contributed by atoms with Gasteiger partial charge in [0.25, 0.3) is 5.91 Å². The molecule has 0 spiro atoms. The van der Waals surface area contributed by atoms with Crippen molar-refractivity contribution in [1.82, 2.24) is 15.5 Å². The van der Waals surface area contributed by atoms with Crippen LogP contribution in [0.1, 0.15) is 27.5 Å². The van der Waals surface area contributed by atoms with E-state index in [0.29, 0.717) is 16.7 Å². The summed E-state index contributed by atoms with van der Waals surface area (Å²) in [7, 11) is 0. The molecule has 4 rings (SSSR count). The number of nitrogens with zero attached hydrogens (tertiary/aromatic N) is 1. The number of carbonyl (C=O) groups excluding carboxylic acids is 3. The van der Waals surface area contributed by atoms with E-state index >= 15 is 0 Å². The molecule has 4 amide bonds. The first-order chi connectivity index (χ1) is 15.4. The maximum Gasteiger partial charge on any atom is 0.321 e. The van der Waals surface area contributed by atoms with Gasteiger partial charge in [-0.25, -0.2) is 13.6 Å². The Morgan fingerprint density at radius 3 is 2.25 bits per heavy atom. The normalized spacial score (nSPS) is 13.4. The summed E-state index contributed by atoms with van der Waals surface area (Å²) < 4.78 is 26.7. The predicted octanol–water partition coefficient (Wildman–Crippen LogP) is 3.78. The van der Waals surface area contributed by atoms with E-state index in [9.17, 15) is 23.2 Å². The zero-order valence-electron chi connectivity index (χ0n) is 16.8. The van der Waals surface area contributed by atoms with E-state index in [1.54, 1.807) is 30.3 Å². The molecule has 8 heteroatoms. The number of hydrogen-bond donors (Lipinski definition) is 2. The minimum atomic E-state index is -0.706. The molecule has 1 aliphatic rings. The van der Waals surface area contributed by atoms with Crippen LogP contribution in [0.2, 0.25) is 0 Å². The van der Waals surface area contributed by atoms with E-state index in [4.69, 9.17) is 0 Å². The smallest absolute Gasteiger partial charge is 0.321 e. The summed E-state index contributed by atoms with van der Waals surface area (Å²) in [6, 6.07) is 16.0. The van der Waals surface area contributed by atoms with E-state index in [-0.39, 0.29) is 31.2 Å². The van der Waals surface area contributed by atoms with Gasteiger partial charge in [-0.05, 0) is 46.5 Å². The molecule has 0 saturated heterocycles. The van der Waals surface area contributed by atoms with E-state index in [0.717, 1.165) is 11.1 Å². The van der Waals surface area contributed by atoms with Crippen LogP contribution in [0.4, 0.5) is 13.6 Å². The molecule has 0 saturated carbocycles. The predicted molar refractivity (Wildman–Crippen MR) is 113 cm³/mol. The quantitative estimate of drug-likeness (QED) is 0.579. The standard InChI is InChI=1S/C24H19F2N3O3/c25-19-8-5-16(6-9-19)15-1-3-17(4-2-15)22(28-24(32)27-14-30)13-29-12-18-7-10-20(26)11-21(18)23(29)31/h1-11,14,22H,12-13H2,(H2,27,28,30,32)/t22-/m0/s1. The van der Waals surface area contributed by atoms with Crippen LogP contribution >= 0.6 is 0 Å². The molecule has 0 unspecified atom stereocenters. The van der Waals surface area contributed by atoms with Crippen LogP contribution in [-0.4, -0.2) is 29.8 Å². The highest BCUT2D eigenvalue weighted by Crippen LogP contribution is 2.27. The van der Waals surface area contributed by atoms with Gasteiger partial charge in [0.1, 0.15) is 11.6 Å². The van der Waals surface area contributed by atoms with Gasteiger partial charge in [-0.15, -0.1) is 0 Å². The molecule has 1 heterocycles. The lowest BCUT2D eigenvalue weighted by molar-refractivity contribution is -0.108. The Hall–Kier alpha value is -4.07. The third-order valence-electron chi connectivity index (χ3n) is 5.34. The number of carbonyl (C=O) groups is 3. The fourth-order valence-electron chi connectivity index (χ4n) is 3.74. The number of amides is 4. The zero-order chi connectivity index (χ0) is 22.7. The lowest BCUT2D eigenvalue weighted by Crippen LogP contribution is -2.42. The van der Waals surface area contributed by atoms with Crippen molar-refractivity contribution in [3.8, 4) is 11.1 Å². The Morgan fingerprint density at radius 1 is 0.969 bits per heavy atom. The summed E-state index contributed by atoms with van der Waals surface area (Å²) in [5, 5.41) is 4.72. The number of hydrogen-bond acceptors (Lipinski definition) is 3. The summed E-state index contributed by atoms with van der Waals surface area (Å²) in [4.78, 5) is 36.9. The minimum Gasteiger partial charge on any atom is -0.332 e. The molecular formula is C24H19F2N3O3. The Labute approximate surface area is 182 Å². The van der Waals surface area contributed by atoms with Gasteiger partial charge in [0.05, 0.1) is 6.04 Å². The molecule has 3 aromatic carbocycles. The average Bonchev–Trinajstić information content (AvgIpc) is 3.09. The molecule has 32 heavy (non-hydrogen) atoms. The van der Waals surface area contributed by atoms with Crippen molar-refractivity contribution in [2.75, 3.05) is 6.54 Å². The van der Waals surface area contributed by atoms with Crippen molar-refractivity contribution in [3.05, 3.63) is 95.1 Å². The number of nitrogens with one attached hydrogen (secondary N) is 2. The van der Waals surface area contributed by atoms with Crippen LogP contribution in [-0.2, 0) is 11.3 Å². The van der Waals surface area contributed by atoms with E-state index in [1.807, 2.05) is 17.4 Å². The van der Waals surface area contributed by atoms with Gasteiger partial charge in [-0.1, -0.05) is 42.5 Å². The minimum absolute atomic E-state index is 0.122. The van der Waals surface area contributed by atoms with Crippen LogP contribution in [0.5, 0.6) is 0 Å². The topological polar surface area (TPSA) is 78.5 Å². The van der Waals surface area contributed by atoms with Gasteiger partial charge in [-0.2, -0.15) is 0 Å². The van der Waals surface area contributed by atoms with Gasteiger partial charge in [0.15, 0.2) is 0 Å². The molecular weight excluding hydrogens is 416 g/mol. The van der Waals surface area contributed by atoms with Gasteiger partial charge in [0, 0.05) is 18.7 Å². The second kappa shape index (κ2) is 8.97. The van der Waals surface area contributed by atoms with Gasteiger partial charge in [0.2, 0.25) is 6.41 Å². The number of imide groups is 1. The van der Waals surface area contributed by atoms with E-state index in [2.05, 4.69) is 5.32 Å². The van der Waals surface area contributed by atoms with Crippen molar-refractivity contribution in [1.29, 1.82) is 0 Å². The SMILES string of the molecule is O=CNC(=O)N[C@@H](CN1Cc2ccc(F)cc2C1=O)c1ccc(-c2ccc(F)cc2)cc1. The second-order valence-corrected chi connectivity index (χ2v) is 7.40. The van der Waals surface area contributed by atoms with Gasteiger partial charge in [-0.3, -0.25) is 14.9 Å². The maximum atomic E-state index is 13.6. The molecule has 6 nitrogen and oxygen atoms in total. The van der Waals surface area contributed by atoms with Crippen LogP contribution in [0, 0.1) is 11.6 Å². The summed E-state index contributed by atoms with van der Waals surface area (Å²) in [6.45, 7) is 0.410. The van der Waals surface area contributed by atoms with Crippen LogP contribution in [0.3, 0.4) is 0 Å². The fourth-order valence-corrected chi connectivity index (χ4v) is 3.74. The molecule has 0 radical (unpaired) electrons. The van der Waals surface area contributed by atoms with Crippen molar-refractivity contribution in [3.63, 3.8) is 0 Å².